The average Bonchev–Trinajstić information content (AvgIpc) is 3.34. The van der Waals surface area contributed by atoms with E-state index in [1.165, 1.54) is 6.26 Å². The Labute approximate surface area is 160 Å². The van der Waals surface area contributed by atoms with E-state index in [0.29, 0.717) is 5.02 Å². The van der Waals surface area contributed by atoms with E-state index in [2.05, 4.69) is 10.6 Å². The van der Waals surface area contributed by atoms with E-state index >= 15 is 0 Å². The molecule has 3 rings (SSSR count). The van der Waals surface area contributed by atoms with Crippen LogP contribution in [0.15, 0.2) is 64.6 Å². The third kappa shape index (κ3) is 4.33. The molecule has 0 aliphatic heterocycles. The number of carbonyl (C=O) groups is 2. The molecule has 3 aromatic rings. The third-order valence-corrected chi connectivity index (χ3v) is 4.99. The second kappa shape index (κ2) is 8.21. The highest BCUT2D eigenvalue weighted by molar-refractivity contribution is 7.10. The zero-order valence-corrected chi connectivity index (χ0v) is 15.5. The van der Waals surface area contributed by atoms with E-state index in [1.54, 1.807) is 42.5 Å². The predicted octanol–water partition coefficient (Wildman–Crippen LogP) is 4.02. The lowest BCUT2D eigenvalue weighted by atomic mass is 10.0. The summed E-state index contributed by atoms with van der Waals surface area (Å²) >= 11 is 7.51. The second-order valence-corrected chi connectivity index (χ2v) is 7.10. The fraction of sp³-hybridized carbons (Fsp3) is 0.158. The lowest BCUT2D eigenvalue weighted by molar-refractivity contribution is -0.123. The van der Waals surface area contributed by atoms with Crippen molar-refractivity contribution in [2.24, 2.45) is 0 Å². The van der Waals surface area contributed by atoms with Crippen LogP contribution in [0.1, 0.15) is 34.0 Å². The second-order valence-electron chi connectivity index (χ2n) is 5.68. The van der Waals surface area contributed by atoms with Gasteiger partial charge in [0.15, 0.2) is 5.76 Å². The minimum Gasteiger partial charge on any atom is -0.459 e. The van der Waals surface area contributed by atoms with Crippen molar-refractivity contribution >= 4 is 34.8 Å². The van der Waals surface area contributed by atoms with Gasteiger partial charge in [-0.3, -0.25) is 9.59 Å². The Morgan fingerprint density at radius 3 is 2.46 bits per heavy atom. The highest BCUT2D eigenvalue weighted by Crippen LogP contribution is 2.27. The quantitative estimate of drug-likeness (QED) is 0.670. The van der Waals surface area contributed by atoms with E-state index in [9.17, 15) is 9.59 Å². The summed E-state index contributed by atoms with van der Waals surface area (Å²) in [5, 5.41) is 8.20. The molecule has 0 fully saturated rings. The van der Waals surface area contributed by atoms with Gasteiger partial charge >= 0.3 is 0 Å². The van der Waals surface area contributed by atoms with Gasteiger partial charge in [-0.2, -0.15) is 0 Å². The zero-order valence-electron chi connectivity index (χ0n) is 13.9. The normalized spacial score (nSPS) is 13.0. The number of halogens is 1. The number of amides is 2. The minimum absolute atomic E-state index is 0.164. The van der Waals surface area contributed by atoms with Gasteiger partial charge in [0.2, 0.25) is 5.91 Å². The zero-order chi connectivity index (χ0) is 18.5. The van der Waals surface area contributed by atoms with Gasteiger partial charge in [-0.15, -0.1) is 11.3 Å². The monoisotopic (exact) mass is 388 g/mol. The summed E-state index contributed by atoms with van der Waals surface area (Å²) in [5.41, 5.74) is 0.912. The molecule has 5 nitrogen and oxygen atoms in total. The smallest absolute Gasteiger partial charge is 0.287 e. The SMILES string of the molecule is C[C@H](NC(=O)c1ccco1)C(=O)N[C@@H](c1ccc(Cl)cc1)c1cccs1. The first-order valence-corrected chi connectivity index (χ1v) is 9.24. The number of benzene rings is 1. The first-order valence-electron chi connectivity index (χ1n) is 7.98. The van der Waals surface area contributed by atoms with Crippen molar-refractivity contribution in [1.29, 1.82) is 0 Å². The predicted molar refractivity (Wildman–Crippen MR) is 101 cm³/mol. The number of nitrogens with one attached hydrogen (secondary N) is 2. The van der Waals surface area contributed by atoms with Crippen LogP contribution < -0.4 is 10.6 Å². The molecule has 0 spiro atoms. The van der Waals surface area contributed by atoms with Crippen LogP contribution >= 0.6 is 22.9 Å². The van der Waals surface area contributed by atoms with Crippen molar-refractivity contribution in [3.8, 4) is 0 Å². The molecule has 2 aromatic heterocycles. The van der Waals surface area contributed by atoms with Crippen LogP contribution in [0.4, 0.5) is 0 Å². The average molecular weight is 389 g/mol. The van der Waals surface area contributed by atoms with E-state index in [1.807, 2.05) is 29.6 Å². The van der Waals surface area contributed by atoms with Gasteiger partial charge in [-0.05, 0) is 48.2 Å². The van der Waals surface area contributed by atoms with Crippen molar-refractivity contribution in [2.45, 2.75) is 19.0 Å². The van der Waals surface area contributed by atoms with Crippen molar-refractivity contribution in [3.63, 3.8) is 0 Å². The number of carbonyl (C=O) groups excluding carboxylic acids is 2. The van der Waals surface area contributed by atoms with Gasteiger partial charge in [0.25, 0.3) is 5.91 Å². The molecular formula is C19H17ClN2O3S. The molecule has 0 bridgehead atoms. The van der Waals surface area contributed by atoms with Crippen LogP contribution in [-0.2, 0) is 4.79 Å². The summed E-state index contributed by atoms with van der Waals surface area (Å²) in [5.74, 6) is -0.563. The first-order chi connectivity index (χ1) is 12.5. The molecule has 7 heteroatoms. The lowest BCUT2D eigenvalue weighted by Gasteiger charge is -2.21. The molecule has 2 amide bonds. The summed E-state index contributed by atoms with van der Waals surface area (Å²) in [7, 11) is 0. The van der Waals surface area contributed by atoms with E-state index < -0.39 is 11.9 Å². The molecule has 0 saturated heterocycles. The highest BCUT2D eigenvalue weighted by Gasteiger charge is 2.23. The standard InChI is InChI=1S/C19H17ClN2O3S/c1-12(21-19(24)15-4-2-10-25-15)18(23)22-17(16-5-3-11-26-16)13-6-8-14(20)9-7-13/h2-12,17H,1H3,(H,21,24)(H,22,23)/t12-,17-/m0/s1. The molecule has 26 heavy (non-hydrogen) atoms. The molecule has 0 radical (unpaired) electrons. The molecule has 2 atom stereocenters. The van der Waals surface area contributed by atoms with Crippen molar-refractivity contribution in [1.82, 2.24) is 10.6 Å². The number of hydrogen-bond donors (Lipinski definition) is 2. The van der Waals surface area contributed by atoms with Gasteiger partial charge in [0.1, 0.15) is 6.04 Å². The third-order valence-electron chi connectivity index (χ3n) is 3.80. The fourth-order valence-electron chi connectivity index (χ4n) is 2.44. The molecule has 0 saturated carbocycles. The van der Waals surface area contributed by atoms with Gasteiger partial charge in [-0.25, -0.2) is 0 Å². The molecular weight excluding hydrogens is 372 g/mol. The van der Waals surface area contributed by atoms with Gasteiger partial charge in [0.05, 0.1) is 12.3 Å². The molecule has 2 heterocycles. The molecule has 0 aliphatic carbocycles. The van der Waals surface area contributed by atoms with Gasteiger partial charge in [-0.1, -0.05) is 29.8 Å². The minimum atomic E-state index is -0.720. The van der Waals surface area contributed by atoms with Crippen molar-refractivity contribution in [2.75, 3.05) is 0 Å². The molecule has 0 unspecified atom stereocenters. The Balaban J connectivity index is 1.73. The Morgan fingerprint density at radius 1 is 1.08 bits per heavy atom. The molecule has 134 valence electrons. The Bertz CT molecular complexity index is 861. The van der Waals surface area contributed by atoms with Crippen molar-refractivity contribution in [3.05, 3.63) is 81.4 Å². The largest absolute Gasteiger partial charge is 0.459 e. The topological polar surface area (TPSA) is 71.3 Å². The fourth-order valence-corrected chi connectivity index (χ4v) is 3.37. The maximum atomic E-state index is 12.6. The Morgan fingerprint density at radius 2 is 1.85 bits per heavy atom. The van der Waals surface area contributed by atoms with Crippen LogP contribution in [-0.4, -0.2) is 17.9 Å². The summed E-state index contributed by atoms with van der Waals surface area (Å²) < 4.78 is 5.04. The summed E-state index contributed by atoms with van der Waals surface area (Å²) in [4.78, 5) is 25.7. The maximum Gasteiger partial charge on any atom is 0.287 e. The van der Waals surface area contributed by atoms with Crippen LogP contribution in [0.5, 0.6) is 0 Å². The van der Waals surface area contributed by atoms with E-state index in [-0.39, 0.29) is 17.7 Å². The number of rotatable bonds is 6. The number of hydrogen-bond acceptors (Lipinski definition) is 4. The van der Waals surface area contributed by atoms with Crippen LogP contribution in [0.3, 0.4) is 0 Å². The molecule has 1 aromatic carbocycles. The number of thiophene rings is 1. The highest BCUT2D eigenvalue weighted by atomic mass is 35.5. The summed E-state index contributed by atoms with van der Waals surface area (Å²) in [6.45, 7) is 1.63. The number of furan rings is 1. The van der Waals surface area contributed by atoms with Crippen LogP contribution in [0, 0.1) is 0 Å². The lowest BCUT2D eigenvalue weighted by Crippen LogP contribution is -2.45. The first kappa shape index (κ1) is 18.2. The van der Waals surface area contributed by atoms with Crippen LogP contribution in [0.25, 0.3) is 0 Å². The maximum absolute atomic E-state index is 12.6. The Hall–Kier alpha value is -2.57. The Kier molecular flexibility index (Phi) is 5.75. The molecule has 2 N–H and O–H groups in total. The van der Waals surface area contributed by atoms with E-state index in [0.717, 1.165) is 10.4 Å². The van der Waals surface area contributed by atoms with Crippen LogP contribution in [0.2, 0.25) is 5.02 Å². The molecule has 0 aliphatic rings. The van der Waals surface area contributed by atoms with Gasteiger partial charge < -0.3 is 15.1 Å². The van der Waals surface area contributed by atoms with Crippen molar-refractivity contribution < 1.29 is 14.0 Å². The summed E-state index contributed by atoms with van der Waals surface area (Å²) in [6, 6.07) is 13.3. The van der Waals surface area contributed by atoms with Gasteiger partial charge in [0, 0.05) is 9.90 Å². The summed E-state index contributed by atoms with van der Waals surface area (Å²) in [6.07, 6.45) is 1.41. The van der Waals surface area contributed by atoms with E-state index in [4.69, 9.17) is 16.0 Å².